The minimum Gasteiger partial charge on any atom is -0.389 e. The van der Waals surface area contributed by atoms with Gasteiger partial charge in [-0.25, -0.2) is 9.48 Å². The van der Waals surface area contributed by atoms with Crippen molar-refractivity contribution in [2.45, 2.75) is 39.3 Å². The van der Waals surface area contributed by atoms with E-state index in [1.807, 2.05) is 50.2 Å². The molecule has 0 aliphatic rings. The fourth-order valence-electron chi connectivity index (χ4n) is 2.49. The number of anilines is 1. The monoisotopic (exact) mass is 330 g/mol. The maximum absolute atomic E-state index is 12.4. The highest BCUT2D eigenvalue weighted by molar-refractivity contribution is 5.89. The van der Waals surface area contributed by atoms with Crippen molar-refractivity contribution in [2.75, 3.05) is 18.9 Å². The van der Waals surface area contributed by atoms with Gasteiger partial charge in [-0.05, 0) is 27.7 Å². The minimum absolute atomic E-state index is 0.109. The second-order valence-corrected chi connectivity index (χ2v) is 6.92. The first-order chi connectivity index (χ1) is 11.2. The average Bonchev–Trinajstić information content (AvgIpc) is 2.90. The number of rotatable bonds is 5. The van der Waals surface area contributed by atoms with Gasteiger partial charge in [0.2, 0.25) is 0 Å². The van der Waals surface area contributed by atoms with E-state index in [0.717, 1.165) is 11.3 Å². The molecule has 1 heterocycles. The van der Waals surface area contributed by atoms with Crippen LogP contribution in [0.2, 0.25) is 0 Å². The van der Waals surface area contributed by atoms with Crippen molar-refractivity contribution in [1.82, 2.24) is 14.7 Å². The molecule has 0 radical (unpaired) electrons. The highest BCUT2D eigenvalue weighted by atomic mass is 16.3. The fraction of sp³-hybridized carbons (Fsp3) is 0.444. The second kappa shape index (κ2) is 7.05. The van der Waals surface area contributed by atoms with Crippen molar-refractivity contribution in [1.29, 1.82) is 0 Å². The summed E-state index contributed by atoms with van der Waals surface area (Å²) in [6.07, 6.45) is 0. The molecule has 0 aliphatic carbocycles. The number of hydrogen-bond acceptors (Lipinski definition) is 3. The molecule has 2 N–H and O–H groups in total. The summed E-state index contributed by atoms with van der Waals surface area (Å²) >= 11 is 0. The number of urea groups is 1. The minimum atomic E-state index is -0.945. The predicted octanol–water partition coefficient (Wildman–Crippen LogP) is 3.37. The summed E-state index contributed by atoms with van der Waals surface area (Å²) in [5.41, 5.74) is 0.863. The first-order valence-electron chi connectivity index (χ1n) is 8.07. The van der Waals surface area contributed by atoms with Gasteiger partial charge in [-0.15, -0.1) is 0 Å². The van der Waals surface area contributed by atoms with Gasteiger partial charge < -0.3 is 10.0 Å². The number of hydrogen-bond donors (Lipinski definition) is 2. The van der Waals surface area contributed by atoms with E-state index in [4.69, 9.17) is 0 Å². The van der Waals surface area contributed by atoms with E-state index in [2.05, 4.69) is 10.4 Å². The van der Waals surface area contributed by atoms with Crippen LogP contribution in [-0.4, -0.2) is 45.0 Å². The quantitative estimate of drug-likeness (QED) is 0.883. The molecule has 0 fully saturated rings. The maximum atomic E-state index is 12.4. The highest BCUT2D eigenvalue weighted by Crippen LogP contribution is 2.24. The Kier molecular flexibility index (Phi) is 5.29. The lowest BCUT2D eigenvalue weighted by Gasteiger charge is -2.26. The molecule has 2 amide bonds. The van der Waals surface area contributed by atoms with Gasteiger partial charge in [-0.1, -0.05) is 30.3 Å². The van der Waals surface area contributed by atoms with E-state index in [1.54, 1.807) is 25.6 Å². The molecule has 0 atom stereocenters. The van der Waals surface area contributed by atoms with Gasteiger partial charge in [-0.3, -0.25) is 5.32 Å². The third-order valence-corrected chi connectivity index (χ3v) is 3.50. The number of benzene rings is 1. The van der Waals surface area contributed by atoms with E-state index < -0.39 is 5.60 Å². The third kappa shape index (κ3) is 4.58. The summed E-state index contributed by atoms with van der Waals surface area (Å²) in [7, 11) is 1.65. The molecule has 6 nitrogen and oxygen atoms in total. The summed E-state index contributed by atoms with van der Waals surface area (Å²) in [5.74, 6) is 0.636. The van der Waals surface area contributed by atoms with Gasteiger partial charge in [0.25, 0.3) is 0 Å². The van der Waals surface area contributed by atoms with Gasteiger partial charge >= 0.3 is 6.03 Å². The number of aliphatic hydroxyl groups is 1. The summed E-state index contributed by atoms with van der Waals surface area (Å²) in [6.45, 7) is 7.60. The molecule has 6 heteroatoms. The fourth-order valence-corrected chi connectivity index (χ4v) is 2.49. The standard InChI is InChI=1S/C18H26N4O2/c1-13(2)22-16(19-17(23)21(5)12-18(3,4)24)11-15(20-22)14-9-7-6-8-10-14/h6-11,13,24H,12H2,1-5H3,(H,19,23). The van der Waals surface area contributed by atoms with E-state index in [9.17, 15) is 9.90 Å². The molecule has 2 rings (SSSR count). The normalized spacial score (nSPS) is 11.6. The molecule has 1 aromatic heterocycles. The lowest BCUT2D eigenvalue weighted by atomic mass is 10.1. The Morgan fingerprint density at radius 2 is 1.96 bits per heavy atom. The Morgan fingerprint density at radius 3 is 2.50 bits per heavy atom. The molecule has 0 bridgehead atoms. The molecule has 0 aliphatic heterocycles. The third-order valence-electron chi connectivity index (χ3n) is 3.50. The van der Waals surface area contributed by atoms with Gasteiger partial charge in [0.05, 0.1) is 17.8 Å². The number of aromatic nitrogens is 2. The van der Waals surface area contributed by atoms with Gasteiger partial charge in [0.1, 0.15) is 5.82 Å². The molecule has 130 valence electrons. The second-order valence-electron chi connectivity index (χ2n) is 6.92. The first kappa shape index (κ1) is 18.0. The summed E-state index contributed by atoms with van der Waals surface area (Å²) < 4.78 is 1.79. The van der Waals surface area contributed by atoms with E-state index in [0.29, 0.717) is 5.82 Å². The molecule has 1 aromatic carbocycles. The molecular weight excluding hydrogens is 304 g/mol. The van der Waals surface area contributed by atoms with Crippen molar-refractivity contribution in [3.8, 4) is 11.3 Å². The first-order valence-corrected chi connectivity index (χ1v) is 8.07. The lowest BCUT2D eigenvalue weighted by Crippen LogP contribution is -2.42. The zero-order valence-corrected chi connectivity index (χ0v) is 14.9. The number of nitrogens with one attached hydrogen (secondary N) is 1. The molecule has 2 aromatic rings. The maximum Gasteiger partial charge on any atom is 0.322 e. The van der Waals surface area contributed by atoms with Crippen LogP contribution in [0.15, 0.2) is 36.4 Å². The number of carbonyl (C=O) groups excluding carboxylic acids is 1. The average molecular weight is 330 g/mol. The van der Waals surface area contributed by atoms with E-state index >= 15 is 0 Å². The van der Waals surface area contributed by atoms with Crippen LogP contribution in [0.4, 0.5) is 10.6 Å². The molecule has 0 saturated carbocycles. The van der Waals surface area contributed by atoms with Crippen molar-refractivity contribution in [3.05, 3.63) is 36.4 Å². The summed E-state index contributed by atoms with van der Waals surface area (Å²) in [4.78, 5) is 13.8. The van der Waals surface area contributed by atoms with Crippen LogP contribution in [-0.2, 0) is 0 Å². The van der Waals surface area contributed by atoms with E-state index in [-0.39, 0.29) is 18.6 Å². The zero-order chi connectivity index (χ0) is 17.9. The Morgan fingerprint density at radius 1 is 1.33 bits per heavy atom. The Hall–Kier alpha value is -2.34. The summed E-state index contributed by atoms with van der Waals surface area (Å²) in [5, 5.41) is 17.3. The van der Waals surface area contributed by atoms with Crippen LogP contribution in [0.5, 0.6) is 0 Å². The summed E-state index contributed by atoms with van der Waals surface area (Å²) in [6, 6.07) is 11.5. The lowest BCUT2D eigenvalue weighted by molar-refractivity contribution is 0.0550. The topological polar surface area (TPSA) is 70.4 Å². The SMILES string of the molecule is CC(C)n1nc(-c2ccccc2)cc1NC(=O)N(C)CC(C)(C)O. The van der Waals surface area contributed by atoms with Crippen LogP contribution in [0.1, 0.15) is 33.7 Å². The molecule has 24 heavy (non-hydrogen) atoms. The Balaban J connectivity index is 2.23. The van der Waals surface area contributed by atoms with Crippen LogP contribution in [0.25, 0.3) is 11.3 Å². The van der Waals surface area contributed by atoms with Gasteiger partial charge in [-0.2, -0.15) is 5.10 Å². The van der Waals surface area contributed by atoms with Crippen molar-refractivity contribution in [3.63, 3.8) is 0 Å². The van der Waals surface area contributed by atoms with Gasteiger partial charge in [0, 0.05) is 24.7 Å². The zero-order valence-electron chi connectivity index (χ0n) is 14.9. The van der Waals surface area contributed by atoms with Crippen molar-refractivity contribution < 1.29 is 9.90 Å². The van der Waals surface area contributed by atoms with Crippen molar-refractivity contribution >= 4 is 11.8 Å². The molecule has 0 unspecified atom stereocenters. The van der Waals surface area contributed by atoms with Crippen LogP contribution in [0.3, 0.4) is 0 Å². The Bertz CT molecular complexity index is 687. The van der Waals surface area contributed by atoms with Crippen LogP contribution >= 0.6 is 0 Å². The molecule has 0 spiro atoms. The highest BCUT2D eigenvalue weighted by Gasteiger charge is 2.21. The predicted molar refractivity (Wildman–Crippen MR) is 96.0 cm³/mol. The number of amides is 2. The van der Waals surface area contributed by atoms with E-state index in [1.165, 1.54) is 4.90 Å². The number of carbonyl (C=O) groups is 1. The van der Waals surface area contributed by atoms with Gasteiger partial charge in [0.15, 0.2) is 0 Å². The van der Waals surface area contributed by atoms with Crippen molar-refractivity contribution in [2.24, 2.45) is 0 Å². The Labute approximate surface area is 143 Å². The van der Waals surface area contributed by atoms with Crippen LogP contribution in [0, 0.1) is 0 Å². The van der Waals surface area contributed by atoms with Crippen LogP contribution < -0.4 is 5.32 Å². The molecule has 0 saturated heterocycles. The molecular formula is C18H26N4O2. The number of likely N-dealkylation sites (N-methyl/N-ethyl adjacent to an activating group) is 1. The number of nitrogens with zero attached hydrogens (tertiary/aromatic N) is 3. The smallest absolute Gasteiger partial charge is 0.322 e. The largest absolute Gasteiger partial charge is 0.389 e.